The van der Waals surface area contributed by atoms with Gasteiger partial charge in [-0.3, -0.25) is 0 Å². The second-order valence-electron chi connectivity index (χ2n) is 4.01. The molecule has 0 aliphatic heterocycles. The van der Waals surface area contributed by atoms with E-state index in [1.54, 1.807) is 6.07 Å². The van der Waals surface area contributed by atoms with E-state index in [-0.39, 0.29) is 28.5 Å². The first kappa shape index (κ1) is 14.3. The third-order valence-corrected chi connectivity index (χ3v) is 2.84. The summed E-state index contributed by atoms with van der Waals surface area (Å²) in [5.41, 5.74) is 5.66. The first-order valence-electron chi connectivity index (χ1n) is 5.64. The Balaban J connectivity index is 2.19. The summed E-state index contributed by atoms with van der Waals surface area (Å²) >= 11 is 4.72. The Hall–Kier alpha value is -2.08. The molecule has 0 saturated carbocycles. The highest BCUT2D eigenvalue weighted by Crippen LogP contribution is 2.20. The molecule has 0 atom stereocenters. The van der Waals surface area contributed by atoms with Gasteiger partial charge in [-0.1, -0.05) is 24.4 Å². The number of halogens is 3. The molecule has 2 rings (SSSR count). The third kappa shape index (κ3) is 3.08. The van der Waals surface area contributed by atoms with Gasteiger partial charge in [0.15, 0.2) is 11.6 Å². The van der Waals surface area contributed by atoms with Crippen LogP contribution in [0.25, 0.3) is 0 Å². The molecule has 0 radical (unpaired) electrons. The summed E-state index contributed by atoms with van der Waals surface area (Å²) in [6.07, 6.45) is 0. The number of thiocarbonyl (C=S) groups is 1. The topological polar surface area (TPSA) is 35.2 Å². The number of hydrogen-bond donors (Lipinski definition) is 1. The lowest BCUT2D eigenvalue weighted by atomic mass is 10.1. The van der Waals surface area contributed by atoms with Crippen molar-refractivity contribution in [3.05, 3.63) is 65.0 Å². The summed E-state index contributed by atoms with van der Waals surface area (Å²) in [5, 5.41) is 0. The molecule has 20 heavy (non-hydrogen) atoms. The fraction of sp³-hybridized carbons (Fsp3) is 0.0714. The molecule has 0 bridgehead atoms. The van der Waals surface area contributed by atoms with Crippen LogP contribution in [0.3, 0.4) is 0 Å². The third-order valence-electron chi connectivity index (χ3n) is 2.62. The summed E-state index contributed by atoms with van der Waals surface area (Å²) in [7, 11) is 0. The van der Waals surface area contributed by atoms with Gasteiger partial charge in [0.25, 0.3) is 0 Å². The number of nitrogens with two attached hydrogens (primary N) is 1. The average molecular weight is 297 g/mol. The van der Waals surface area contributed by atoms with Crippen LogP contribution in [0.2, 0.25) is 0 Å². The predicted octanol–water partition coefficient (Wildman–Crippen LogP) is 3.32. The molecule has 0 aliphatic rings. The monoisotopic (exact) mass is 297 g/mol. The highest BCUT2D eigenvalue weighted by molar-refractivity contribution is 7.80. The normalized spacial score (nSPS) is 10.3. The molecule has 104 valence electrons. The van der Waals surface area contributed by atoms with Crippen molar-refractivity contribution in [3.63, 3.8) is 0 Å². The zero-order valence-corrected chi connectivity index (χ0v) is 11.0. The van der Waals surface area contributed by atoms with Crippen LogP contribution >= 0.6 is 12.2 Å². The van der Waals surface area contributed by atoms with Crippen LogP contribution in [0.15, 0.2) is 36.4 Å². The van der Waals surface area contributed by atoms with Crippen LogP contribution in [0.5, 0.6) is 5.75 Å². The Kier molecular flexibility index (Phi) is 4.24. The minimum Gasteiger partial charge on any atom is -0.486 e. The van der Waals surface area contributed by atoms with E-state index in [9.17, 15) is 13.2 Å². The number of ether oxygens (including phenoxy) is 1. The fourth-order valence-electron chi connectivity index (χ4n) is 1.63. The molecule has 2 aromatic rings. The summed E-state index contributed by atoms with van der Waals surface area (Å²) in [4.78, 5) is -0.0719. The van der Waals surface area contributed by atoms with Gasteiger partial charge in [0.2, 0.25) is 0 Å². The second-order valence-corrected chi connectivity index (χ2v) is 4.45. The zero-order chi connectivity index (χ0) is 14.7. The van der Waals surface area contributed by atoms with Gasteiger partial charge in [0.1, 0.15) is 23.2 Å². The standard InChI is InChI=1S/C14H10F3NOS/c15-9-4-5-12(11(16)6-9)19-7-8-2-1-3-10(13(8)17)14(18)20/h1-6H,7H2,(H2,18,20). The van der Waals surface area contributed by atoms with Crippen LogP contribution in [0, 0.1) is 17.5 Å². The Morgan fingerprint density at radius 3 is 2.55 bits per heavy atom. The summed E-state index contributed by atoms with van der Waals surface area (Å²) < 4.78 is 45.2. The molecule has 0 aromatic heterocycles. The summed E-state index contributed by atoms with van der Waals surface area (Å²) in [6, 6.07) is 7.37. The Labute approximate surface area is 119 Å². The van der Waals surface area contributed by atoms with Crippen LogP contribution in [-0.2, 0) is 6.61 Å². The molecular weight excluding hydrogens is 287 g/mol. The molecule has 6 heteroatoms. The molecule has 0 spiro atoms. The van der Waals surface area contributed by atoms with E-state index < -0.39 is 17.5 Å². The van der Waals surface area contributed by atoms with Crippen LogP contribution in [0.4, 0.5) is 13.2 Å². The van der Waals surface area contributed by atoms with E-state index >= 15 is 0 Å². The molecule has 0 amide bonds. The number of hydrogen-bond acceptors (Lipinski definition) is 2. The van der Waals surface area contributed by atoms with Crippen molar-refractivity contribution in [2.75, 3.05) is 0 Å². The van der Waals surface area contributed by atoms with Crippen molar-refractivity contribution in [1.82, 2.24) is 0 Å². The predicted molar refractivity (Wildman–Crippen MR) is 73.0 cm³/mol. The van der Waals surface area contributed by atoms with Gasteiger partial charge in [-0.15, -0.1) is 0 Å². The van der Waals surface area contributed by atoms with E-state index in [1.165, 1.54) is 12.1 Å². The number of benzene rings is 2. The Morgan fingerprint density at radius 2 is 1.90 bits per heavy atom. The van der Waals surface area contributed by atoms with Crippen LogP contribution < -0.4 is 10.5 Å². The average Bonchev–Trinajstić information content (AvgIpc) is 2.39. The summed E-state index contributed by atoms with van der Waals surface area (Å²) in [5.74, 6) is -2.33. The molecule has 0 fully saturated rings. The van der Waals surface area contributed by atoms with E-state index in [4.69, 9.17) is 22.7 Å². The lowest BCUT2D eigenvalue weighted by Crippen LogP contribution is -2.13. The molecule has 2 nitrogen and oxygen atoms in total. The second kappa shape index (κ2) is 5.92. The van der Waals surface area contributed by atoms with Crippen molar-refractivity contribution >= 4 is 17.2 Å². The fourth-order valence-corrected chi connectivity index (χ4v) is 1.79. The first-order valence-corrected chi connectivity index (χ1v) is 6.05. The lowest BCUT2D eigenvalue weighted by Gasteiger charge is -2.10. The molecular formula is C14H10F3NOS. The van der Waals surface area contributed by atoms with Crippen LogP contribution in [-0.4, -0.2) is 4.99 Å². The van der Waals surface area contributed by atoms with Gasteiger partial charge in [-0.05, 0) is 18.2 Å². The van der Waals surface area contributed by atoms with Crippen molar-refractivity contribution < 1.29 is 17.9 Å². The maximum atomic E-state index is 14.0. The highest BCUT2D eigenvalue weighted by atomic mass is 32.1. The van der Waals surface area contributed by atoms with Gasteiger partial charge >= 0.3 is 0 Å². The first-order chi connectivity index (χ1) is 9.49. The Bertz CT molecular complexity index is 661. The van der Waals surface area contributed by atoms with Crippen molar-refractivity contribution in [2.45, 2.75) is 6.61 Å². The number of rotatable bonds is 4. The van der Waals surface area contributed by atoms with E-state index in [0.717, 1.165) is 12.1 Å². The van der Waals surface area contributed by atoms with Gasteiger partial charge in [0, 0.05) is 17.2 Å². The van der Waals surface area contributed by atoms with Gasteiger partial charge in [0.05, 0.1) is 0 Å². The summed E-state index contributed by atoms with van der Waals surface area (Å²) in [6.45, 7) is -0.217. The van der Waals surface area contributed by atoms with E-state index in [1.807, 2.05) is 0 Å². The van der Waals surface area contributed by atoms with E-state index in [2.05, 4.69) is 0 Å². The SMILES string of the molecule is NC(=S)c1cccc(COc2ccc(F)cc2F)c1F. The van der Waals surface area contributed by atoms with Gasteiger partial charge in [-0.2, -0.15) is 0 Å². The molecule has 2 aromatic carbocycles. The highest BCUT2D eigenvalue weighted by Gasteiger charge is 2.11. The van der Waals surface area contributed by atoms with Gasteiger partial charge < -0.3 is 10.5 Å². The molecule has 2 N–H and O–H groups in total. The lowest BCUT2D eigenvalue weighted by molar-refractivity contribution is 0.284. The zero-order valence-electron chi connectivity index (χ0n) is 10.2. The maximum Gasteiger partial charge on any atom is 0.167 e. The van der Waals surface area contributed by atoms with Crippen molar-refractivity contribution in [3.8, 4) is 5.75 Å². The van der Waals surface area contributed by atoms with E-state index in [0.29, 0.717) is 6.07 Å². The quantitative estimate of drug-likeness (QED) is 0.879. The van der Waals surface area contributed by atoms with Crippen molar-refractivity contribution in [2.24, 2.45) is 5.73 Å². The largest absolute Gasteiger partial charge is 0.486 e. The van der Waals surface area contributed by atoms with Gasteiger partial charge in [-0.25, -0.2) is 13.2 Å². The van der Waals surface area contributed by atoms with Crippen LogP contribution in [0.1, 0.15) is 11.1 Å². The Morgan fingerprint density at radius 1 is 1.15 bits per heavy atom. The smallest absolute Gasteiger partial charge is 0.167 e. The molecule has 0 unspecified atom stereocenters. The molecule has 0 saturated heterocycles. The molecule has 0 aliphatic carbocycles. The molecule has 0 heterocycles. The minimum atomic E-state index is -0.851. The van der Waals surface area contributed by atoms with Crippen molar-refractivity contribution in [1.29, 1.82) is 0 Å². The minimum absolute atomic E-state index is 0.0719. The maximum absolute atomic E-state index is 14.0.